The number of anilines is 1. The molecule has 378 valence electrons. The molecule has 1 aliphatic heterocycles. The SMILES string of the molecule is Cc1ccc(C2=C(c3nc4ccccc4s3)C(NC(=O)c3ccccc3C)=N/C2=N\c2[n-]c(NC(=O)c3ccccc3C)c(-c3nc4ccccc4s3)c2-c2ccc(C)cc2C)c(C)c1.Cc1ccc(S([NH-])(=O)=O)cc1.[Zn+2]. The molecule has 0 aliphatic carbocycles. The van der Waals surface area contributed by atoms with Gasteiger partial charge in [-0.25, -0.2) is 23.4 Å². The minimum atomic E-state index is -3.77. The number of amides is 2. The summed E-state index contributed by atoms with van der Waals surface area (Å²) in [6.07, 6.45) is 0. The molecular weight excluding hydrogens is 1070 g/mol. The van der Waals surface area contributed by atoms with E-state index in [-0.39, 0.29) is 36.2 Å². The predicted molar refractivity (Wildman–Crippen MR) is 311 cm³/mol. The smallest absolute Gasteiger partial charge is 0.560 e. The molecule has 16 heteroatoms. The molecular formula is C61H50N8O4S3Zn. The summed E-state index contributed by atoms with van der Waals surface area (Å²) in [5, 5.41) is 14.5. The van der Waals surface area contributed by atoms with E-state index in [0.717, 1.165) is 70.5 Å². The fourth-order valence-electron chi connectivity index (χ4n) is 9.13. The number of thiazole rings is 2. The standard InChI is InChI=1S/C54H43N7O2S2.C7H8NO2S.Zn/c1-29-23-25-35(33(5)27-29)43-45(53-55-39-19-11-13-21-41(39)64-53)49(60-51(62)37-17-9-7-15-31(37)3)58-47(43)57-48-44(36-26-24-30(2)28-34(36)6)46(54-56-40-20-12-14-22-42(40)65-54)50(59-48)61-52(63)38-18-10-8-16-32(38)4;1-6-2-4-7(5-3-6)11(8,9)10;/h7-28H,1-6H3,(H3,55,56,57,58,59,60,61,62,63);2-5H,1H3,(H-,8,9,10);/q;-1;+2/p-1. The molecule has 7 aromatic carbocycles. The predicted octanol–water partition coefficient (Wildman–Crippen LogP) is 14.5. The number of rotatable bonds is 9. The number of amidine groups is 2. The maximum Gasteiger partial charge on any atom is 2.00 e. The Hall–Kier alpha value is -7.85. The molecule has 0 radical (unpaired) electrons. The van der Waals surface area contributed by atoms with Crippen LogP contribution in [0.2, 0.25) is 0 Å². The molecule has 0 unspecified atom stereocenters. The number of para-hydroxylation sites is 2. The van der Waals surface area contributed by atoms with Crippen LogP contribution in [0.3, 0.4) is 0 Å². The summed E-state index contributed by atoms with van der Waals surface area (Å²) < 4.78 is 23.2. The first kappa shape index (κ1) is 54.0. The van der Waals surface area contributed by atoms with E-state index in [0.29, 0.717) is 66.7 Å². The van der Waals surface area contributed by atoms with Crippen LogP contribution in [-0.4, -0.2) is 41.9 Å². The van der Waals surface area contributed by atoms with Crippen molar-refractivity contribution in [2.24, 2.45) is 9.98 Å². The number of hydrogen-bond acceptors (Lipinski definition) is 9. The number of carbonyl (C=O) groups is 2. The largest absolute Gasteiger partial charge is 2.00 e. The fraction of sp³-hybridized carbons (Fsp3) is 0.115. The average Bonchev–Trinajstić information content (AvgIpc) is 4.21. The van der Waals surface area contributed by atoms with Crippen molar-refractivity contribution in [3.8, 4) is 21.7 Å². The first-order valence-corrected chi connectivity index (χ1v) is 27.4. The minimum absolute atomic E-state index is 0. The third-order valence-corrected chi connectivity index (χ3v) is 16.0. The maximum absolute atomic E-state index is 14.3. The fourth-order valence-corrected chi connectivity index (χ4v) is 11.7. The van der Waals surface area contributed by atoms with Crippen LogP contribution >= 0.6 is 22.7 Å². The number of aryl methyl sites for hydroxylation is 7. The average molecular weight is 1120 g/mol. The van der Waals surface area contributed by atoms with E-state index < -0.39 is 10.0 Å². The van der Waals surface area contributed by atoms with E-state index in [1.807, 2.05) is 118 Å². The van der Waals surface area contributed by atoms with Crippen molar-refractivity contribution < 1.29 is 37.5 Å². The summed E-state index contributed by atoms with van der Waals surface area (Å²) in [5.41, 5.74) is 14.0. The molecule has 3 aromatic heterocycles. The third kappa shape index (κ3) is 11.3. The van der Waals surface area contributed by atoms with Gasteiger partial charge in [0.15, 0.2) is 0 Å². The normalized spacial score (nSPS) is 12.8. The van der Waals surface area contributed by atoms with E-state index >= 15 is 0 Å². The molecule has 2 amide bonds. The Morgan fingerprint density at radius 1 is 0.545 bits per heavy atom. The molecule has 12 nitrogen and oxygen atoms in total. The van der Waals surface area contributed by atoms with Crippen LogP contribution < -0.4 is 15.6 Å². The first-order chi connectivity index (χ1) is 36.5. The van der Waals surface area contributed by atoms with Gasteiger partial charge in [-0.3, -0.25) is 9.59 Å². The van der Waals surface area contributed by atoms with Crippen LogP contribution in [0.15, 0.2) is 173 Å². The zero-order chi connectivity index (χ0) is 53.4. The molecule has 0 saturated heterocycles. The molecule has 4 heterocycles. The quantitative estimate of drug-likeness (QED) is 0.135. The van der Waals surface area contributed by atoms with Crippen molar-refractivity contribution in [2.45, 2.75) is 53.4 Å². The molecule has 0 fully saturated rings. The number of carbonyl (C=O) groups excluding carboxylic acids is 2. The topological polar surface area (TPSA) is 181 Å². The van der Waals surface area contributed by atoms with E-state index in [1.54, 1.807) is 12.1 Å². The van der Waals surface area contributed by atoms with Crippen LogP contribution in [0.4, 0.5) is 11.6 Å². The molecule has 11 rings (SSSR count). The van der Waals surface area contributed by atoms with Crippen molar-refractivity contribution in [3.05, 3.63) is 224 Å². The summed E-state index contributed by atoms with van der Waals surface area (Å²) in [7, 11) is -3.77. The van der Waals surface area contributed by atoms with Gasteiger partial charge < -0.3 is 25.7 Å². The second-order valence-electron chi connectivity index (χ2n) is 18.6. The number of aliphatic imine (C=N–C) groups is 2. The van der Waals surface area contributed by atoms with Crippen molar-refractivity contribution in [1.82, 2.24) is 20.3 Å². The number of nitrogens with zero attached hydrogens (tertiary/aromatic N) is 5. The first-order valence-electron chi connectivity index (χ1n) is 24.3. The van der Waals surface area contributed by atoms with Crippen molar-refractivity contribution in [1.29, 1.82) is 0 Å². The summed E-state index contributed by atoms with van der Waals surface area (Å²) in [6, 6.07) is 49.7. The Labute approximate surface area is 467 Å². The van der Waals surface area contributed by atoms with Crippen molar-refractivity contribution >= 4 is 99.4 Å². The van der Waals surface area contributed by atoms with Gasteiger partial charge in [0.1, 0.15) is 15.9 Å². The van der Waals surface area contributed by atoms with Gasteiger partial charge in [0.05, 0.1) is 41.9 Å². The molecule has 0 bridgehead atoms. The van der Waals surface area contributed by atoms with Crippen LogP contribution in [0.1, 0.15) is 70.2 Å². The summed E-state index contributed by atoms with van der Waals surface area (Å²) in [5.74, 6) is 0.715. The van der Waals surface area contributed by atoms with Gasteiger partial charge in [0, 0.05) is 44.4 Å². The van der Waals surface area contributed by atoms with Gasteiger partial charge >= 0.3 is 19.5 Å². The van der Waals surface area contributed by atoms with Crippen molar-refractivity contribution in [3.63, 3.8) is 0 Å². The Kier molecular flexibility index (Phi) is 15.7. The number of hydrogen-bond donors (Lipinski definition) is 2. The second kappa shape index (κ2) is 22.4. The monoisotopic (exact) mass is 1120 g/mol. The zero-order valence-corrected chi connectivity index (χ0v) is 48.7. The molecule has 0 atom stereocenters. The number of sulfonamides is 1. The van der Waals surface area contributed by atoms with Gasteiger partial charge in [-0.05, 0) is 124 Å². The van der Waals surface area contributed by atoms with Crippen LogP contribution in [-0.2, 0) is 29.5 Å². The molecule has 77 heavy (non-hydrogen) atoms. The van der Waals surface area contributed by atoms with Gasteiger partial charge in [0.2, 0.25) is 5.91 Å². The van der Waals surface area contributed by atoms with Gasteiger partial charge in [0.25, 0.3) is 5.91 Å². The van der Waals surface area contributed by atoms with Crippen LogP contribution in [0, 0.1) is 48.5 Å². The van der Waals surface area contributed by atoms with Crippen LogP contribution in [0.5, 0.6) is 0 Å². The summed E-state index contributed by atoms with van der Waals surface area (Å²) in [6.45, 7) is 14.0. The number of nitrogens with one attached hydrogen (secondary N) is 3. The summed E-state index contributed by atoms with van der Waals surface area (Å²) >= 11 is 3.06. The van der Waals surface area contributed by atoms with Gasteiger partial charge in [-0.2, -0.15) is 0 Å². The number of benzene rings is 7. The van der Waals surface area contributed by atoms with E-state index in [4.69, 9.17) is 30.1 Å². The molecule has 10 aromatic rings. The van der Waals surface area contributed by atoms with Crippen LogP contribution in [0.25, 0.3) is 58.4 Å². The van der Waals surface area contributed by atoms with Gasteiger partial charge in [-0.1, -0.05) is 132 Å². The zero-order valence-electron chi connectivity index (χ0n) is 43.3. The minimum Gasteiger partial charge on any atom is -0.560 e. The number of fused-ring (bicyclic) bond motifs is 2. The Bertz CT molecular complexity index is 4100. The molecule has 0 saturated carbocycles. The third-order valence-electron chi connectivity index (χ3n) is 13.0. The Morgan fingerprint density at radius 3 is 1.58 bits per heavy atom. The number of aromatic nitrogens is 3. The van der Waals surface area contributed by atoms with E-state index in [9.17, 15) is 18.0 Å². The van der Waals surface area contributed by atoms with E-state index in [2.05, 4.69) is 74.7 Å². The summed E-state index contributed by atoms with van der Waals surface area (Å²) in [4.78, 5) is 54.9. The molecule has 1 aliphatic rings. The Morgan fingerprint density at radius 2 is 1.04 bits per heavy atom. The molecule has 3 N–H and O–H groups in total. The van der Waals surface area contributed by atoms with Gasteiger partial charge in [-0.15, -0.1) is 22.7 Å². The van der Waals surface area contributed by atoms with E-state index in [1.165, 1.54) is 34.8 Å². The van der Waals surface area contributed by atoms with Crippen molar-refractivity contribution in [2.75, 3.05) is 5.32 Å². The molecule has 0 spiro atoms. The second-order valence-corrected chi connectivity index (χ2v) is 22.2. The Balaban J connectivity index is 0.000000538. The maximum atomic E-state index is 14.3.